The Morgan fingerprint density at radius 1 is 1.22 bits per heavy atom. The Labute approximate surface area is 99.1 Å². The van der Waals surface area contributed by atoms with E-state index in [9.17, 15) is 13.2 Å². The number of hydrogen-bond donors (Lipinski definition) is 0. The fraction of sp³-hybridized carbons (Fsp3) is 0.182. The van der Waals surface area contributed by atoms with Crippen LogP contribution in [-0.4, -0.2) is 19.6 Å². The van der Waals surface area contributed by atoms with Crippen LogP contribution in [0.25, 0.3) is 16.7 Å². The van der Waals surface area contributed by atoms with Crippen molar-refractivity contribution < 1.29 is 13.2 Å². The molecule has 92 valence electrons. The molecule has 0 atom stereocenters. The third-order valence-electron chi connectivity index (χ3n) is 2.72. The Morgan fingerprint density at radius 2 is 2.00 bits per heavy atom. The van der Waals surface area contributed by atoms with Crippen molar-refractivity contribution in [3.63, 3.8) is 0 Å². The van der Waals surface area contributed by atoms with Gasteiger partial charge in [0, 0.05) is 0 Å². The summed E-state index contributed by atoms with van der Waals surface area (Å²) in [5, 5.41) is 7.53. The van der Waals surface area contributed by atoms with Crippen LogP contribution in [0.1, 0.15) is 11.3 Å². The molecule has 3 rings (SSSR count). The maximum atomic E-state index is 12.7. The number of aromatic nitrogens is 4. The largest absolute Gasteiger partial charge is 0.416 e. The highest BCUT2D eigenvalue weighted by Crippen LogP contribution is 2.31. The molecule has 4 nitrogen and oxygen atoms in total. The molecule has 3 aromatic rings. The van der Waals surface area contributed by atoms with Gasteiger partial charge >= 0.3 is 6.18 Å². The lowest BCUT2D eigenvalue weighted by molar-refractivity contribution is -0.137. The number of alkyl halides is 3. The van der Waals surface area contributed by atoms with Crippen LogP contribution in [0.15, 0.2) is 24.5 Å². The van der Waals surface area contributed by atoms with Gasteiger partial charge in [0.1, 0.15) is 6.33 Å². The van der Waals surface area contributed by atoms with Gasteiger partial charge in [-0.05, 0) is 25.1 Å². The van der Waals surface area contributed by atoms with E-state index in [1.54, 1.807) is 6.92 Å². The van der Waals surface area contributed by atoms with Crippen molar-refractivity contribution in [3.05, 3.63) is 35.8 Å². The third-order valence-corrected chi connectivity index (χ3v) is 2.72. The second kappa shape index (κ2) is 3.41. The van der Waals surface area contributed by atoms with Crippen LogP contribution in [0.2, 0.25) is 0 Å². The first-order chi connectivity index (χ1) is 8.47. The molecular formula is C11H7F3N4. The first-order valence-electron chi connectivity index (χ1n) is 5.14. The van der Waals surface area contributed by atoms with Gasteiger partial charge in [0.25, 0.3) is 0 Å². The van der Waals surface area contributed by atoms with Crippen LogP contribution in [0.4, 0.5) is 13.2 Å². The second-order valence-corrected chi connectivity index (χ2v) is 3.92. The number of hydrogen-bond acceptors (Lipinski definition) is 3. The molecule has 0 aliphatic rings. The molecule has 7 heteroatoms. The van der Waals surface area contributed by atoms with E-state index >= 15 is 0 Å². The quantitative estimate of drug-likeness (QED) is 0.617. The van der Waals surface area contributed by atoms with Crippen molar-refractivity contribution in [2.75, 3.05) is 0 Å². The van der Waals surface area contributed by atoms with Gasteiger partial charge in [-0.15, -0.1) is 10.2 Å². The molecule has 2 aromatic heterocycles. The Kier molecular flexibility index (Phi) is 2.07. The van der Waals surface area contributed by atoms with Crippen molar-refractivity contribution in [2.24, 2.45) is 0 Å². The first-order valence-corrected chi connectivity index (χ1v) is 5.14. The van der Waals surface area contributed by atoms with Crippen molar-refractivity contribution in [1.29, 1.82) is 0 Å². The number of benzene rings is 1. The van der Waals surface area contributed by atoms with E-state index < -0.39 is 11.7 Å². The molecule has 0 radical (unpaired) electrons. The summed E-state index contributed by atoms with van der Waals surface area (Å²) in [5.74, 6) is 0. The van der Waals surface area contributed by atoms with Gasteiger partial charge < -0.3 is 0 Å². The number of nitrogens with zero attached hydrogens (tertiary/aromatic N) is 4. The predicted molar refractivity (Wildman–Crippen MR) is 58.0 cm³/mol. The first kappa shape index (κ1) is 10.9. The standard InChI is InChI=1S/C11H7F3N4/c1-6-10-17-15-5-18(10)9-4-7(11(12,13)14)2-3-8(9)16-6/h2-5H,1H3. The molecular weight excluding hydrogens is 245 g/mol. The van der Waals surface area contributed by atoms with E-state index in [0.29, 0.717) is 22.4 Å². The Balaban J connectivity index is 2.42. The van der Waals surface area contributed by atoms with Gasteiger partial charge in [0.2, 0.25) is 0 Å². The summed E-state index contributed by atoms with van der Waals surface area (Å²) in [4.78, 5) is 4.21. The van der Waals surface area contributed by atoms with E-state index in [-0.39, 0.29) is 0 Å². The van der Waals surface area contributed by atoms with Crippen molar-refractivity contribution in [2.45, 2.75) is 13.1 Å². The summed E-state index contributed by atoms with van der Waals surface area (Å²) in [6.07, 6.45) is -2.99. The lowest BCUT2D eigenvalue weighted by Crippen LogP contribution is -2.05. The summed E-state index contributed by atoms with van der Waals surface area (Å²) in [6.45, 7) is 1.74. The molecule has 0 spiro atoms. The van der Waals surface area contributed by atoms with E-state index in [1.807, 2.05) is 0 Å². The van der Waals surface area contributed by atoms with Gasteiger partial charge in [-0.3, -0.25) is 4.40 Å². The fourth-order valence-corrected chi connectivity index (χ4v) is 1.88. The third kappa shape index (κ3) is 1.51. The minimum Gasteiger partial charge on any atom is -0.278 e. The van der Waals surface area contributed by atoms with Crippen molar-refractivity contribution >= 4 is 16.7 Å². The van der Waals surface area contributed by atoms with Gasteiger partial charge in [-0.1, -0.05) is 0 Å². The molecule has 1 aromatic carbocycles. The molecule has 0 unspecified atom stereocenters. The highest BCUT2D eigenvalue weighted by atomic mass is 19.4. The number of fused-ring (bicyclic) bond motifs is 3. The average Bonchev–Trinajstić information content (AvgIpc) is 2.77. The number of rotatable bonds is 0. The molecule has 0 aliphatic heterocycles. The van der Waals surface area contributed by atoms with E-state index in [4.69, 9.17) is 0 Å². The lowest BCUT2D eigenvalue weighted by atomic mass is 10.2. The molecule has 0 fully saturated rings. The summed E-state index contributed by atoms with van der Waals surface area (Å²) >= 11 is 0. The summed E-state index contributed by atoms with van der Waals surface area (Å²) in [6, 6.07) is 3.42. The van der Waals surface area contributed by atoms with Gasteiger partial charge in [-0.25, -0.2) is 4.98 Å². The van der Waals surface area contributed by atoms with Crippen LogP contribution >= 0.6 is 0 Å². The Morgan fingerprint density at radius 3 is 2.72 bits per heavy atom. The molecule has 2 heterocycles. The molecule has 0 amide bonds. The van der Waals surface area contributed by atoms with E-state index in [2.05, 4.69) is 15.2 Å². The normalized spacial score (nSPS) is 12.4. The maximum Gasteiger partial charge on any atom is 0.416 e. The summed E-state index contributed by atoms with van der Waals surface area (Å²) in [7, 11) is 0. The second-order valence-electron chi connectivity index (χ2n) is 3.92. The van der Waals surface area contributed by atoms with Gasteiger partial charge in [0.15, 0.2) is 5.65 Å². The van der Waals surface area contributed by atoms with Crippen LogP contribution in [0.5, 0.6) is 0 Å². The van der Waals surface area contributed by atoms with Crippen LogP contribution in [-0.2, 0) is 6.18 Å². The van der Waals surface area contributed by atoms with Crippen LogP contribution in [0.3, 0.4) is 0 Å². The molecule has 0 saturated heterocycles. The predicted octanol–water partition coefficient (Wildman–Crippen LogP) is 2.60. The van der Waals surface area contributed by atoms with E-state index in [1.165, 1.54) is 16.8 Å². The zero-order valence-corrected chi connectivity index (χ0v) is 9.23. The Bertz CT molecular complexity index is 745. The van der Waals surface area contributed by atoms with Crippen LogP contribution in [0, 0.1) is 6.92 Å². The van der Waals surface area contributed by atoms with Crippen molar-refractivity contribution in [1.82, 2.24) is 19.6 Å². The Hall–Kier alpha value is -2.18. The van der Waals surface area contributed by atoms with Crippen molar-refractivity contribution in [3.8, 4) is 0 Å². The highest BCUT2D eigenvalue weighted by Gasteiger charge is 2.30. The molecule has 0 saturated carbocycles. The van der Waals surface area contributed by atoms with Gasteiger partial charge in [0.05, 0.1) is 22.3 Å². The number of halogens is 3. The summed E-state index contributed by atoms with van der Waals surface area (Å²) in [5.41, 5.74) is 1.19. The SMILES string of the molecule is Cc1nc2ccc(C(F)(F)F)cc2n2cnnc12. The molecule has 0 bridgehead atoms. The van der Waals surface area contributed by atoms with Crippen LogP contribution < -0.4 is 0 Å². The molecule has 18 heavy (non-hydrogen) atoms. The van der Waals surface area contributed by atoms with Gasteiger partial charge in [-0.2, -0.15) is 13.2 Å². The fourth-order valence-electron chi connectivity index (χ4n) is 1.88. The molecule has 0 N–H and O–H groups in total. The summed E-state index contributed by atoms with van der Waals surface area (Å²) < 4.78 is 39.5. The topological polar surface area (TPSA) is 43.1 Å². The average molecular weight is 252 g/mol. The zero-order chi connectivity index (χ0) is 12.9. The zero-order valence-electron chi connectivity index (χ0n) is 9.23. The highest BCUT2D eigenvalue weighted by molar-refractivity contribution is 5.79. The minimum atomic E-state index is -4.38. The molecule has 0 aliphatic carbocycles. The number of aryl methyl sites for hydroxylation is 1. The lowest BCUT2D eigenvalue weighted by Gasteiger charge is -2.09. The van der Waals surface area contributed by atoms with E-state index in [0.717, 1.165) is 12.1 Å². The minimum absolute atomic E-state index is 0.343. The smallest absolute Gasteiger partial charge is 0.278 e. The maximum absolute atomic E-state index is 12.7. The monoisotopic (exact) mass is 252 g/mol.